The van der Waals surface area contributed by atoms with E-state index in [2.05, 4.69) is 38.3 Å². The molecule has 2 amide bonds. The molecule has 3 unspecified atom stereocenters. The third-order valence-electron chi connectivity index (χ3n) is 4.53. The molecule has 2 aliphatic rings. The van der Waals surface area contributed by atoms with Crippen molar-refractivity contribution in [3.05, 3.63) is 0 Å². The zero-order valence-corrected chi connectivity index (χ0v) is 15.7. The summed E-state index contributed by atoms with van der Waals surface area (Å²) >= 11 is 0. The summed E-state index contributed by atoms with van der Waals surface area (Å²) < 4.78 is 0. The number of carbonyl (C=O) groups excluding carboxylic acids is 2. The van der Waals surface area contributed by atoms with Crippen LogP contribution in [0.3, 0.4) is 0 Å². The average molecular weight is 346 g/mol. The van der Waals surface area contributed by atoms with Crippen molar-refractivity contribution in [3.8, 4) is 0 Å². The first kappa shape index (κ1) is 20.2. The maximum absolute atomic E-state index is 12.6. The van der Waals surface area contributed by atoms with Gasteiger partial charge in [0.15, 0.2) is 0 Å². The van der Waals surface area contributed by atoms with Gasteiger partial charge in [-0.15, -0.1) is 12.4 Å². The van der Waals surface area contributed by atoms with Gasteiger partial charge in [-0.1, -0.05) is 20.8 Å². The van der Waals surface area contributed by atoms with Crippen molar-refractivity contribution in [1.82, 2.24) is 15.5 Å². The largest absolute Gasteiger partial charge is 0.351 e. The van der Waals surface area contributed by atoms with Crippen LogP contribution in [0.2, 0.25) is 0 Å². The van der Waals surface area contributed by atoms with Gasteiger partial charge >= 0.3 is 0 Å². The van der Waals surface area contributed by atoms with Crippen LogP contribution in [0, 0.1) is 5.41 Å². The number of rotatable bonds is 3. The van der Waals surface area contributed by atoms with Crippen molar-refractivity contribution < 1.29 is 9.59 Å². The van der Waals surface area contributed by atoms with E-state index in [9.17, 15) is 9.59 Å². The van der Waals surface area contributed by atoms with Crippen molar-refractivity contribution in [3.63, 3.8) is 0 Å². The average Bonchev–Trinajstić information content (AvgIpc) is 2.85. The van der Waals surface area contributed by atoms with Gasteiger partial charge in [-0.2, -0.15) is 0 Å². The number of hydrogen-bond donors (Lipinski definition) is 2. The lowest BCUT2D eigenvalue weighted by Gasteiger charge is -2.32. The maximum atomic E-state index is 12.6. The molecule has 0 saturated carbocycles. The van der Waals surface area contributed by atoms with Crippen molar-refractivity contribution in [2.75, 3.05) is 13.1 Å². The molecule has 2 N–H and O–H groups in total. The molecule has 0 bridgehead atoms. The second-order valence-electron chi connectivity index (χ2n) is 8.07. The smallest absolute Gasteiger partial charge is 0.243 e. The van der Waals surface area contributed by atoms with Crippen molar-refractivity contribution >= 4 is 24.2 Å². The van der Waals surface area contributed by atoms with Gasteiger partial charge in [0.1, 0.15) is 6.04 Å². The van der Waals surface area contributed by atoms with Gasteiger partial charge in [0.05, 0.1) is 0 Å². The Labute approximate surface area is 146 Å². The SMILES string of the molecule is CC1CC(NC(=O)C2CCCN2C(=O)CC(C)(C)C)CCN1.Cl. The zero-order chi connectivity index (χ0) is 16.3. The highest BCUT2D eigenvalue weighted by Crippen LogP contribution is 2.25. The van der Waals surface area contributed by atoms with Gasteiger partial charge in [0, 0.05) is 25.0 Å². The molecule has 0 aromatic rings. The Morgan fingerprint density at radius 1 is 1.26 bits per heavy atom. The summed E-state index contributed by atoms with van der Waals surface area (Å²) in [6.45, 7) is 10.00. The second kappa shape index (κ2) is 8.34. The number of nitrogens with zero attached hydrogens (tertiary/aromatic N) is 1. The lowest BCUT2D eigenvalue weighted by Crippen LogP contribution is -2.52. The Hall–Kier alpha value is -0.810. The molecular weight excluding hydrogens is 314 g/mol. The van der Waals surface area contributed by atoms with E-state index in [0.717, 1.165) is 38.8 Å². The summed E-state index contributed by atoms with van der Waals surface area (Å²) in [5.41, 5.74) is -0.0365. The molecule has 134 valence electrons. The van der Waals surface area contributed by atoms with Gasteiger partial charge in [0.2, 0.25) is 11.8 Å². The summed E-state index contributed by atoms with van der Waals surface area (Å²) in [4.78, 5) is 26.8. The molecule has 2 fully saturated rings. The summed E-state index contributed by atoms with van der Waals surface area (Å²) in [6, 6.07) is 0.421. The van der Waals surface area contributed by atoms with E-state index in [-0.39, 0.29) is 41.7 Å². The normalized spacial score (nSPS) is 28.2. The Balaban J connectivity index is 0.00000264. The van der Waals surface area contributed by atoms with Crippen molar-refractivity contribution in [2.45, 2.75) is 77.9 Å². The van der Waals surface area contributed by atoms with E-state index in [0.29, 0.717) is 12.5 Å². The van der Waals surface area contributed by atoms with E-state index in [1.54, 1.807) is 4.90 Å². The molecule has 0 radical (unpaired) electrons. The van der Waals surface area contributed by atoms with Gasteiger partial charge in [-0.05, 0) is 44.6 Å². The van der Waals surface area contributed by atoms with Gasteiger partial charge in [0.25, 0.3) is 0 Å². The maximum Gasteiger partial charge on any atom is 0.243 e. The predicted molar refractivity (Wildman–Crippen MR) is 94.7 cm³/mol. The Bertz CT molecular complexity index is 423. The van der Waals surface area contributed by atoms with Gasteiger partial charge in [-0.3, -0.25) is 9.59 Å². The highest BCUT2D eigenvalue weighted by molar-refractivity contribution is 5.88. The third kappa shape index (κ3) is 5.96. The molecule has 3 atom stereocenters. The fourth-order valence-corrected chi connectivity index (χ4v) is 3.45. The highest BCUT2D eigenvalue weighted by Gasteiger charge is 2.36. The molecule has 2 saturated heterocycles. The molecule has 5 nitrogen and oxygen atoms in total. The van der Waals surface area contributed by atoms with Crippen LogP contribution in [0.5, 0.6) is 0 Å². The number of piperidine rings is 1. The van der Waals surface area contributed by atoms with Crippen molar-refractivity contribution in [1.29, 1.82) is 0 Å². The third-order valence-corrected chi connectivity index (χ3v) is 4.53. The molecule has 0 aromatic carbocycles. The minimum atomic E-state index is -0.264. The van der Waals surface area contributed by atoms with E-state index in [4.69, 9.17) is 0 Å². The number of nitrogens with one attached hydrogen (secondary N) is 2. The summed E-state index contributed by atoms with van der Waals surface area (Å²) in [5.74, 6) is 0.155. The first-order chi connectivity index (χ1) is 10.3. The van der Waals surface area contributed by atoms with E-state index in [1.165, 1.54) is 0 Å². The topological polar surface area (TPSA) is 61.4 Å². The molecule has 0 aromatic heterocycles. The lowest BCUT2D eigenvalue weighted by molar-refractivity contribution is -0.140. The fraction of sp³-hybridized carbons (Fsp3) is 0.882. The Morgan fingerprint density at radius 2 is 1.96 bits per heavy atom. The number of amides is 2. The lowest BCUT2D eigenvalue weighted by atomic mass is 9.91. The molecule has 2 heterocycles. The standard InChI is InChI=1S/C17H31N3O2.ClH/c1-12-10-13(7-8-18-12)19-16(22)14-6-5-9-20(14)15(21)11-17(2,3)4;/h12-14,18H,5-11H2,1-4H3,(H,19,22);1H. The number of likely N-dealkylation sites (tertiary alicyclic amines) is 1. The fourth-order valence-electron chi connectivity index (χ4n) is 3.45. The van der Waals surface area contributed by atoms with Crippen LogP contribution < -0.4 is 10.6 Å². The summed E-state index contributed by atoms with van der Waals surface area (Å²) in [5, 5.41) is 6.56. The van der Waals surface area contributed by atoms with Crippen LogP contribution in [0.4, 0.5) is 0 Å². The predicted octanol–water partition coefficient (Wildman–Crippen LogP) is 2.09. The van der Waals surface area contributed by atoms with Gasteiger partial charge < -0.3 is 15.5 Å². The minimum Gasteiger partial charge on any atom is -0.351 e. The molecule has 23 heavy (non-hydrogen) atoms. The summed E-state index contributed by atoms with van der Waals surface area (Å²) in [6.07, 6.45) is 4.16. The van der Waals surface area contributed by atoms with Gasteiger partial charge in [-0.25, -0.2) is 0 Å². The Morgan fingerprint density at radius 3 is 2.57 bits per heavy atom. The highest BCUT2D eigenvalue weighted by atomic mass is 35.5. The van der Waals surface area contributed by atoms with Crippen LogP contribution in [0.1, 0.15) is 59.8 Å². The molecule has 0 spiro atoms. The molecule has 6 heteroatoms. The second-order valence-corrected chi connectivity index (χ2v) is 8.07. The van der Waals surface area contributed by atoms with Crippen LogP contribution in [-0.2, 0) is 9.59 Å². The first-order valence-electron chi connectivity index (χ1n) is 8.59. The summed E-state index contributed by atoms with van der Waals surface area (Å²) in [7, 11) is 0. The van der Waals surface area contributed by atoms with E-state index in [1.807, 2.05) is 0 Å². The van der Waals surface area contributed by atoms with Crippen LogP contribution in [-0.4, -0.2) is 47.9 Å². The van der Waals surface area contributed by atoms with Crippen LogP contribution in [0.25, 0.3) is 0 Å². The van der Waals surface area contributed by atoms with E-state index >= 15 is 0 Å². The molecule has 2 rings (SSSR count). The van der Waals surface area contributed by atoms with E-state index < -0.39 is 0 Å². The first-order valence-corrected chi connectivity index (χ1v) is 8.59. The minimum absolute atomic E-state index is 0. The molecule has 0 aliphatic carbocycles. The van der Waals surface area contributed by atoms with Crippen LogP contribution >= 0.6 is 12.4 Å². The van der Waals surface area contributed by atoms with Crippen LogP contribution in [0.15, 0.2) is 0 Å². The monoisotopic (exact) mass is 345 g/mol. The molecular formula is C17H32ClN3O2. The number of carbonyl (C=O) groups is 2. The number of hydrogen-bond acceptors (Lipinski definition) is 3. The Kier molecular flexibility index (Phi) is 7.33. The number of halogens is 1. The quantitative estimate of drug-likeness (QED) is 0.823. The van der Waals surface area contributed by atoms with Crippen molar-refractivity contribution in [2.24, 2.45) is 5.41 Å². The molecule has 2 aliphatic heterocycles. The zero-order valence-electron chi connectivity index (χ0n) is 14.9.